The van der Waals surface area contributed by atoms with Crippen molar-refractivity contribution in [2.45, 2.75) is 19.9 Å². The van der Waals surface area contributed by atoms with Gasteiger partial charge in [0, 0.05) is 18.4 Å². The van der Waals surface area contributed by atoms with Crippen LogP contribution in [0.5, 0.6) is 0 Å². The Kier molecular flexibility index (Phi) is 5.26. The summed E-state index contributed by atoms with van der Waals surface area (Å²) in [5, 5.41) is 0. The van der Waals surface area contributed by atoms with E-state index < -0.39 is 9.84 Å². The maximum absolute atomic E-state index is 12.2. The highest BCUT2D eigenvalue weighted by molar-refractivity contribution is 7.90. The van der Waals surface area contributed by atoms with Crippen LogP contribution in [0.15, 0.2) is 24.3 Å². The molecule has 5 heteroatoms. The molecule has 0 spiro atoms. The summed E-state index contributed by atoms with van der Waals surface area (Å²) >= 11 is 0. The zero-order valence-corrected chi connectivity index (χ0v) is 12.7. The molecule has 1 unspecified atom stereocenters. The third-order valence-electron chi connectivity index (χ3n) is 3.19. The molecule has 1 rings (SSSR count). The molecule has 0 aliphatic rings. The van der Waals surface area contributed by atoms with Crippen molar-refractivity contribution in [3.8, 4) is 0 Å². The van der Waals surface area contributed by atoms with Gasteiger partial charge in [0.1, 0.15) is 9.84 Å². The van der Waals surface area contributed by atoms with Gasteiger partial charge in [0.05, 0.1) is 11.8 Å². The first-order valence-corrected chi connectivity index (χ1v) is 8.25. The van der Waals surface area contributed by atoms with Crippen LogP contribution < -0.4 is 0 Å². The Hall–Kier alpha value is -1.20. The summed E-state index contributed by atoms with van der Waals surface area (Å²) in [6.45, 7) is 4.12. The fourth-order valence-electron chi connectivity index (χ4n) is 1.66. The molecular weight excluding hydrogens is 262 g/mol. The van der Waals surface area contributed by atoms with Gasteiger partial charge in [-0.25, -0.2) is 8.42 Å². The van der Waals surface area contributed by atoms with E-state index in [1.807, 2.05) is 19.1 Å². The van der Waals surface area contributed by atoms with Gasteiger partial charge in [0.15, 0.2) is 5.78 Å². The van der Waals surface area contributed by atoms with E-state index >= 15 is 0 Å². The van der Waals surface area contributed by atoms with Crippen molar-refractivity contribution in [3.63, 3.8) is 0 Å². The van der Waals surface area contributed by atoms with E-state index in [2.05, 4.69) is 0 Å². The number of carbonyl (C=O) groups is 1. The lowest BCUT2D eigenvalue weighted by atomic mass is 10.0. The monoisotopic (exact) mass is 283 g/mol. The van der Waals surface area contributed by atoms with E-state index in [1.54, 1.807) is 31.0 Å². The minimum atomic E-state index is -3.00. The number of hydrogen-bond donors (Lipinski definition) is 0. The van der Waals surface area contributed by atoms with Crippen LogP contribution in [-0.4, -0.2) is 50.7 Å². The number of carbonyl (C=O) groups excluding carboxylic acids is 1. The van der Waals surface area contributed by atoms with E-state index in [1.165, 1.54) is 6.26 Å². The first kappa shape index (κ1) is 15.9. The van der Waals surface area contributed by atoms with Gasteiger partial charge in [-0.15, -0.1) is 0 Å². The van der Waals surface area contributed by atoms with Crippen molar-refractivity contribution >= 4 is 15.6 Å². The molecule has 0 N–H and O–H groups in total. The molecule has 19 heavy (non-hydrogen) atoms. The molecule has 4 nitrogen and oxygen atoms in total. The molecular formula is C14H21NO3S. The summed E-state index contributed by atoms with van der Waals surface area (Å²) in [6.07, 6.45) is 1.20. The molecule has 0 bridgehead atoms. The van der Waals surface area contributed by atoms with Crippen LogP contribution >= 0.6 is 0 Å². The minimum absolute atomic E-state index is 0.0102. The van der Waals surface area contributed by atoms with E-state index in [-0.39, 0.29) is 17.6 Å². The molecule has 0 saturated carbocycles. The van der Waals surface area contributed by atoms with Gasteiger partial charge in [0.25, 0.3) is 0 Å². The van der Waals surface area contributed by atoms with Crippen LogP contribution in [0, 0.1) is 6.92 Å². The number of hydrogen-bond acceptors (Lipinski definition) is 4. The number of nitrogens with zero attached hydrogens (tertiary/aromatic N) is 1. The Bertz CT molecular complexity index is 534. The molecule has 0 aliphatic heterocycles. The first-order chi connectivity index (χ1) is 8.70. The van der Waals surface area contributed by atoms with Crippen LogP contribution in [-0.2, 0) is 9.84 Å². The van der Waals surface area contributed by atoms with Crippen molar-refractivity contribution in [1.29, 1.82) is 0 Å². The van der Waals surface area contributed by atoms with Crippen molar-refractivity contribution in [2.75, 3.05) is 25.6 Å². The van der Waals surface area contributed by atoms with E-state index in [0.29, 0.717) is 12.1 Å². The second-order valence-corrected chi connectivity index (χ2v) is 7.28. The predicted octanol–water partition coefficient (Wildman–Crippen LogP) is 1.54. The molecule has 0 aromatic heterocycles. The summed E-state index contributed by atoms with van der Waals surface area (Å²) in [4.78, 5) is 14.0. The molecule has 0 aliphatic carbocycles. The smallest absolute Gasteiger partial charge is 0.179 e. The van der Waals surface area contributed by atoms with E-state index in [9.17, 15) is 13.2 Å². The lowest BCUT2D eigenvalue weighted by Crippen LogP contribution is -2.38. The van der Waals surface area contributed by atoms with Crippen LogP contribution in [0.4, 0.5) is 0 Å². The normalized spacial score (nSPS) is 13.5. The molecule has 1 aromatic rings. The van der Waals surface area contributed by atoms with Crippen molar-refractivity contribution in [2.24, 2.45) is 0 Å². The molecule has 0 saturated heterocycles. The van der Waals surface area contributed by atoms with Gasteiger partial charge in [-0.2, -0.15) is 0 Å². The molecule has 0 radical (unpaired) electrons. The van der Waals surface area contributed by atoms with Gasteiger partial charge in [0.2, 0.25) is 0 Å². The lowest BCUT2D eigenvalue weighted by Gasteiger charge is -2.23. The van der Waals surface area contributed by atoms with Crippen LogP contribution in [0.2, 0.25) is 0 Å². The standard InChI is InChI=1S/C14H21NO3S/c1-11-5-7-13(8-6-11)14(16)12(2)15(3)9-10-19(4,17)18/h5-8,12H,9-10H2,1-4H3. The number of benzene rings is 1. The van der Waals surface area contributed by atoms with Crippen molar-refractivity contribution in [1.82, 2.24) is 4.90 Å². The minimum Gasteiger partial charge on any atom is -0.296 e. The molecule has 106 valence electrons. The Balaban J connectivity index is 2.68. The Morgan fingerprint density at radius 1 is 1.26 bits per heavy atom. The number of likely N-dealkylation sites (N-methyl/N-ethyl adjacent to an activating group) is 1. The number of Topliss-reactive ketones (excluding diaryl/α,β-unsaturated/α-hetero) is 1. The zero-order valence-electron chi connectivity index (χ0n) is 11.9. The van der Waals surface area contributed by atoms with Gasteiger partial charge < -0.3 is 0 Å². The predicted molar refractivity (Wildman–Crippen MR) is 77.3 cm³/mol. The lowest BCUT2D eigenvalue weighted by molar-refractivity contribution is 0.0874. The van der Waals surface area contributed by atoms with Crippen LogP contribution in [0.3, 0.4) is 0 Å². The van der Waals surface area contributed by atoms with Crippen molar-refractivity contribution in [3.05, 3.63) is 35.4 Å². The third-order valence-corrected chi connectivity index (χ3v) is 4.12. The Morgan fingerprint density at radius 2 is 1.79 bits per heavy atom. The van der Waals surface area contributed by atoms with Crippen LogP contribution in [0.25, 0.3) is 0 Å². The number of rotatable bonds is 6. The SMILES string of the molecule is Cc1ccc(C(=O)C(C)N(C)CCS(C)(=O)=O)cc1. The second kappa shape index (κ2) is 6.30. The van der Waals surface area contributed by atoms with Gasteiger partial charge >= 0.3 is 0 Å². The topological polar surface area (TPSA) is 54.5 Å². The molecule has 0 amide bonds. The zero-order chi connectivity index (χ0) is 14.6. The maximum atomic E-state index is 12.2. The average Bonchev–Trinajstić information content (AvgIpc) is 2.34. The molecule has 1 aromatic carbocycles. The van der Waals surface area contributed by atoms with Crippen molar-refractivity contribution < 1.29 is 13.2 Å². The highest BCUT2D eigenvalue weighted by atomic mass is 32.2. The summed E-state index contributed by atoms with van der Waals surface area (Å²) in [5.41, 5.74) is 1.76. The number of ketones is 1. The summed E-state index contributed by atoms with van der Waals surface area (Å²) in [6, 6.07) is 7.08. The van der Waals surface area contributed by atoms with E-state index in [0.717, 1.165) is 5.56 Å². The second-order valence-electron chi connectivity index (χ2n) is 5.02. The largest absolute Gasteiger partial charge is 0.296 e. The van der Waals surface area contributed by atoms with Gasteiger partial charge in [-0.1, -0.05) is 29.8 Å². The highest BCUT2D eigenvalue weighted by Gasteiger charge is 2.20. The first-order valence-electron chi connectivity index (χ1n) is 6.19. The quantitative estimate of drug-likeness (QED) is 0.743. The summed E-state index contributed by atoms with van der Waals surface area (Å²) < 4.78 is 22.2. The van der Waals surface area contributed by atoms with Crippen LogP contribution in [0.1, 0.15) is 22.8 Å². The van der Waals surface area contributed by atoms with Gasteiger partial charge in [-0.05, 0) is 20.9 Å². The highest BCUT2D eigenvalue weighted by Crippen LogP contribution is 2.09. The molecule has 0 fully saturated rings. The van der Waals surface area contributed by atoms with E-state index in [4.69, 9.17) is 0 Å². The number of aryl methyl sites for hydroxylation is 1. The fraction of sp³-hybridized carbons (Fsp3) is 0.500. The summed E-state index contributed by atoms with van der Waals surface area (Å²) in [5.74, 6) is 0.0747. The fourth-order valence-corrected chi connectivity index (χ4v) is 2.28. The Labute approximate surface area is 115 Å². The third kappa shape index (κ3) is 5.12. The number of sulfone groups is 1. The molecule has 1 atom stereocenters. The average molecular weight is 283 g/mol. The Morgan fingerprint density at radius 3 is 2.26 bits per heavy atom. The summed E-state index contributed by atoms with van der Waals surface area (Å²) in [7, 11) is -1.24. The molecule has 0 heterocycles. The maximum Gasteiger partial charge on any atom is 0.179 e. The van der Waals surface area contributed by atoms with Gasteiger partial charge in [-0.3, -0.25) is 9.69 Å².